The Morgan fingerprint density at radius 3 is 2.20 bits per heavy atom. The lowest BCUT2D eigenvalue weighted by molar-refractivity contribution is -0.139. The second-order valence-electron chi connectivity index (χ2n) is 9.66. The summed E-state index contributed by atoms with van der Waals surface area (Å²) in [5.74, 6) is -2.26. The normalized spacial score (nSPS) is 12.1. The van der Waals surface area contributed by atoms with Gasteiger partial charge in [-0.3, -0.25) is 5.10 Å². The minimum Gasteiger partial charge on any atom is -0.355 e. The maximum absolute atomic E-state index is 14.9. The van der Waals surface area contributed by atoms with E-state index in [-0.39, 0.29) is 23.6 Å². The molecule has 4 aromatic rings. The minimum atomic E-state index is -4.84. The number of alkyl halides is 3. The predicted molar refractivity (Wildman–Crippen MR) is 143 cm³/mol. The highest BCUT2D eigenvalue weighted by molar-refractivity contribution is 5.65. The van der Waals surface area contributed by atoms with E-state index in [1.54, 1.807) is 19.3 Å². The third-order valence-electron chi connectivity index (χ3n) is 6.35. The fraction of sp³-hybridized carbons (Fsp3) is 0.333. The van der Waals surface area contributed by atoms with Crippen LogP contribution < -0.4 is 16.3 Å². The molecule has 2 aromatic carbocycles. The van der Waals surface area contributed by atoms with E-state index in [9.17, 15) is 22.0 Å². The molecule has 5 N–H and O–H groups in total. The molecule has 4 rings (SSSR count). The Kier molecular flexibility index (Phi) is 9.38. The van der Waals surface area contributed by atoms with Gasteiger partial charge in [0.1, 0.15) is 11.5 Å². The van der Waals surface area contributed by atoms with Gasteiger partial charge in [-0.25, -0.2) is 8.78 Å². The first kappa shape index (κ1) is 30.1. The van der Waals surface area contributed by atoms with Crippen molar-refractivity contribution in [1.82, 2.24) is 29.9 Å². The first-order valence-corrected chi connectivity index (χ1v) is 12.7. The van der Waals surface area contributed by atoms with Crippen molar-refractivity contribution in [2.45, 2.75) is 19.3 Å². The number of benzene rings is 2. The van der Waals surface area contributed by atoms with Crippen LogP contribution in [0.25, 0.3) is 22.5 Å². The van der Waals surface area contributed by atoms with E-state index in [0.29, 0.717) is 55.6 Å². The number of halogens is 5. The molecule has 0 atom stereocenters. The lowest BCUT2D eigenvalue weighted by Crippen LogP contribution is -2.25. The van der Waals surface area contributed by atoms with E-state index in [4.69, 9.17) is 16.3 Å². The maximum Gasteiger partial charge on any atom is 0.419 e. The summed E-state index contributed by atoms with van der Waals surface area (Å²) in [7, 11) is 3.71. The zero-order valence-electron chi connectivity index (χ0n) is 22.6. The van der Waals surface area contributed by atoms with Gasteiger partial charge in [0.15, 0.2) is 11.6 Å². The van der Waals surface area contributed by atoms with Crippen LogP contribution in [0.4, 0.5) is 22.0 Å². The second-order valence-corrected chi connectivity index (χ2v) is 9.66. The fourth-order valence-corrected chi connectivity index (χ4v) is 4.37. The monoisotopic (exact) mass is 578 g/mol. The van der Waals surface area contributed by atoms with Gasteiger partial charge in [0.05, 0.1) is 23.7 Å². The third kappa shape index (κ3) is 7.27. The number of rotatable bonds is 12. The van der Waals surface area contributed by atoms with Crippen molar-refractivity contribution in [2.24, 2.45) is 11.5 Å². The van der Waals surface area contributed by atoms with Crippen molar-refractivity contribution in [3.63, 3.8) is 0 Å². The quantitative estimate of drug-likeness (QED) is 0.219. The zero-order chi connectivity index (χ0) is 29.7. The van der Waals surface area contributed by atoms with Gasteiger partial charge in [0.2, 0.25) is 0 Å². The summed E-state index contributed by atoms with van der Waals surface area (Å²) >= 11 is 0. The summed E-state index contributed by atoms with van der Waals surface area (Å²) in [6.07, 6.45) is -1.70. The Balaban J connectivity index is 1.67. The molecule has 0 spiro atoms. The molecule has 0 unspecified atom stereocenters. The molecule has 0 saturated heterocycles. The Bertz CT molecular complexity index is 1470. The average molecular weight is 579 g/mol. The molecule has 2 heterocycles. The largest absolute Gasteiger partial charge is 0.419 e. The zero-order valence-corrected chi connectivity index (χ0v) is 22.6. The first-order chi connectivity index (χ1) is 19.5. The molecule has 0 saturated carbocycles. The average Bonchev–Trinajstić information content (AvgIpc) is 3.51. The lowest BCUT2D eigenvalue weighted by atomic mass is 10.0. The van der Waals surface area contributed by atoms with E-state index < -0.39 is 23.4 Å². The summed E-state index contributed by atoms with van der Waals surface area (Å²) in [5.41, 5.74) is 12.8. The summed E-state index contributed by atoms with van der Waals surface area (Å²) in [6, 6.07) is 6.86. The smallest absolute Gasteiger partial charge is 0.355 e. The molecule has 9 nitrogen and oxygen atoms in total. The molecule has 220 valence electrons. The SMILES string of the molecule is CN(CCN)Cc1cn(Oc2cc(-c3[nH]ncc3CN(C)CCN)ccc2F)nc1-c1ccc(C(F)(F)F)c(F)c1. The highest BCUT2D eigenvalue weighted by atomic mass is 19.4. The van der Waals surface area contributed by atoms with Crippen molar-refractivity contribution in [3.05, 3.63) is 77.1 Å². The highest BCUT2D eigenvalue weighted by Gasteiger charge is 2.34. The van der Waals surface area contributed by atoms with Crippen LogP contribution in [-0.4, -0.2) is 70.2 Å². The molecule has 14 heteroatoms. The highest BCUT2D eigenvalue weighted by Crippen LogP contribution is 2.34. The predicted octanol–water partition coefficient (Wildman–Crippen LogP) is 3.86. The molecule has 41 heavy (non-hydrogen) atoms. The molecular weight excluding hydrogens is 547 g/mol. The van der Waals surface area contributed by atoms with Gasteiger partial charge in [-0.2, -0.15) is 18.3 Å². The Labute approximate surface area is 233 Å². The summed E-state index contributed by atoms with van der Waals surface area (Å²) < 4.78 is 68.6. The van der Waals surface area contributed by atoms with Crippen LogP contribution in [0.2, 0.25) is 0 Å². The summed E-state index contributed by atoms with van der Waals surface area (Å²) in [5, 5.41) is 11.4. The number of nitrogens with zero attached hydrogens (tertiary/aromatic N) is 5. The van der Waals surface area contributed by atoms with Gasteiger partial charge >= 0.3 is 6.18 Å². The molecule has 0 bridgehead atoms. The molecular formula is C27H31F5N8O. The summed E-state index contributed by atoms with van der Waals surface area (Å²) in [6.45, 7) is 2.87. The van der Waals surface area contributed by atoms with E-state index in [2.05, 4.69) is 15.3 Å². The number of nitrogens with one attached hydrogen (secondary N) is 1. The molecule has 2 aromatic heterocycles. The van der Waals surface area contributed by atoms with Crippen LogP contribution in [-0.2, 0) is 19.3 Å². The first-order valence-electron chi connectivity index (χ1n) is 12.7. The van der Waals surface area contributed by atoms with E-state index in [0.717, 1.165) is 22.5 Å². The molecule has 0 aliphatic heterocycles. The number of nitrogens with two attached hydrogens (primary N) is 2. The van der Waals surface area contributed by atoms with Gasteiger partial charge in [0.25, 0.3) is 0 Å². The molecule has 0 aliphatic rings. The molecule has 0 fully saturated rings. The van der Waals surface area contributed by atoms with Crippen LogP contribution >= 0.6 is 0 Å². The van der Waals surface area contributed by atoms with E-state index in [1.165, 1.54) is 18.3 Å². The Hall–Kier alpha value is -3.85. The van der Waals surface area contributed by atoms with Crippen LogP contribution in [0.3, 0.4) is 0 Å². The topological polar surface area (TPSA) is 114 Å². The van der Waals surface area contributed by atoms with E-state index in [1.807, 2.05) is 16.8 Å². The van der Waals surface area contributed by atoms with Crippen molar-refractivity contribution < 1.29 is 26.8 Å². The maximum atomic E-state index is 14.9. The van der Waals surface area contributed by atoms with Gasteiger partial charge < -0.3 is 26.1 Å². The second kappa shape index (κ2) is 12.8. The molecule has 0 amide bonds. The number of aromatic nitrogens is 4. The number of likely N-dealkylation sites (N-methyl/N-ethyl adjacent to an activating group) is 2. The Morgan fingerprint density at radius 1 is 0.902 bits per heavy atom. The van der Waals surface area contributed by atoms with Crippen LogP contribution in [0.5, 0.6) is 5.75 Å². The van der Waals surface area contributed by atoms with Crippen LogP contribution in [0.1, 0.15) is 16.7 Å². The molecule has 0 radical (unpaired) electrons. The van der Waals surface area contributed by atoms with Crippen molar-refractivity contribution in [1.29, 1.82) is 0 Å². The van der Waals surface area contributed by atoms with Crippen molar-refractivity contribution in [2.75, 3.05) is 40.3 Å². The number of aromatic amines is 1. The number of hydrogen-bond acceptors (Lipinski definition) is 7. The van der Waals surface area contributed by atoms with E-state index >= 15 is 0 Å². The van der Waals surface area contributed by atoms with Crippen molar-refractivity contribution in [3.8, 4) is 28.3 Å². The standard InChI is InChI=1S/C27H31F5N8O/c1-38(9-7-33)14-19-13-35-36-25(19)18-4-6-22(28)24(12-18)41-40-16-20(15-39(2)10-8-34)26(37-40)17-3-5-21(23(29)11-17)27(30,31)32/h3-6,11-13,16H,7-10,14-15,33-34H2,1-2H3,(H,35,36). The lowest BCUT2D eigenvalue weighted by Gasteiger charge is -2.15. The van der Waals surface area contributed by atoms with Gasteiger partial charge in [0, 0.05) is 61.5 Å². The van der Waals surface area contributed by atoms with Crippen LogP contribution in [0, 0.1) is 11.6 Å². The minimum absolute atomic E-state index is 0.104. The molecule has 0 aliphatic carbocycles. The number of hydrogen-bond donors (Lipinski definition) is 3. The summed E-state index contributed by atoms with van der Waals surface area (Å²) in [4.78, 5) is 10.6. The number of H-pyrrole nitrogens is 1. The third-order valence-corrected chi connectivity index (χ3v) is 6.35. The van der Waals surface area contributed by atoms with Crippen LogP contribution in [0.15, 0.2) is 48.8 Å². The van der Waals surface area contributed by atoms with Gasteiger partial charge in [-0.15, -0.1) is 5.10 Å². The van der Waals surface area contributed by atoms with Gasteiger partial charge in [-0.05, 0) is 44.4 Å². The fourth-order valence-electron chi connectivity index (χ4n) is 4.37. The Morgan fingerprint density at radius 2 is 1.56 bits per heavy atom. The van der Waals surface area contributed by atoms with Crippen molar-refractivity contribution >= 4 is 0 Å². The van der Waals surface area contributed by atoms with Gasteiger partial charge in [-0.1, -0.05) is 10.9 Å².